The van der Waals surface area contributed by atoms with E-state index in [2.05, 4.69) is 19.2 Å². The van der Waals surface area contributed by atoms with E-state index in [9.17, 15) is 5.11 Å². The molecule has 3 heteroatoms. The molecule has 3 nitrogen and oxygen atoms in total. The molecule has 0 spiro atoms. The van der Waals surface area contributed by atoms with Crippen molar-refractivity contribution in [2.45, 2.75) is 89.3 Å². The Morgan fingerprint density at radius 1 is 1.15 bits per heavy atom. The van der Waals surface area contributed by atoms with Crippen LogP contribution < -0.4 is 5.32 Å². The molecule has 0 aromatic heterocycles. The highest BCUT2D eigenvalue weighted by Gasteiger charge is 2.34. The highest BCUT2D eigenvalue weighted by molar-refractivity contribution is 4.94. The van der Waals surface area contributed by atoms with Gasteiger partial charge in [0, 0.05) is 18.2 Å². The lowest BCUT2D eigenvalue weighted by Gasteiger charge is -2.33. The maximum atomic E-state index is 9.73. The van der Waals surface area contributed by atoms with E-state index in [1.54, 1.807) is 0 Å². The second kappa shape index (κ2) is 7.77. The van der Waals surface area contributed by atoms with Gasteiger partial charge < -0.3 is 15.2 Å². The van der Waals surface area contributed by atoms with Gasteiger partial charge in [0.25, 0.3) is 0 Å². The van der Waals surface area contributed by atoms with Crippen molar-refractivity contribution in [2.75, 3.05) is 13.2 Å². The zero-order chi connectivity index (χ0) is 14.4. The quantitative estimate of drug-likeness (QED) is 0.638. The van der Waals surface area contributed by atoms with E-state index in [0.29, 0.717) is 12.1 Å². The molecule has 0 aromatic rings. The fourth-order valence-electron chi connectivity index (χ4n) is 3.30. The molecule has 2 aliphatic carbocycles. The minimum absolute atomic E-state index is 0.0639. The van der Waals surface area contributed by atoms with Crippen LogP contribution in [0.2, 0.25) is 0 Å². The second-order valence-corrected chi connectivity index (χ2v) is 7.07. The lowest BCUT2D eigenvalue weighted by molar-refractivity contribution is 0.0131. The molecule has 0 radical (unpaired) electrons. The first-order valence-corrected chi connectivity index (χ1v) is 8.67. The Kier molecular flexibility index (Phi) is 6.31. The molecule has 0 heterocycles. The third kappa shape index (κ3) is 5.01. The Morgan fingerprint density at radius 2 is 1.85 bits per heavy atom. The predicted molar refractivity (Wildman–Crippen MR) is 82.9 cm³/mol. The highest BCUT2D eigenvalue weighted by Crippen LogP contribution is 2.28. The topological polar surface area (TPSA) is 41.5 Å². The fourth-order valence-corrected chi connectivity index (χ4v) is 3.30. The van der Waals surface area contributed by atoms with Crippen molar-refractivity contribution in [2.24, 2.45) is 5.92 Å². The van der Waals surface area contributed by atoms with Gasteiger partial charge in [0.2, 0.25) is 0 Å². The number of rotatable bonds is 9. The monoisotopic (exact) mass is 283 g/mol. The van der Waals surface area contributed by atoms with Crippen molar-refractivity contribution in [3.63, 3.8) is 0 Å². The summed E-state index contributed by atoms with van der Waals surface area (Å²) in [5.41, 5.74) is -0.0639. The van der Waals surface area contributed by atoms with Crippen LogP contribution in [0, 0.1) is 5.92 Å². The van der Waals surface area contributed by atoms with E-state index in [1.165, 1.54) is 38.5 Å². The van der Waals surface area contributed by atoms with Crippen LogP contribution in [0.4, 0.5) is 0 Å². The molecule has 0 aliphatic heterocycles. The highest BCUT2D eigenvalue weighted by atomic mass is 16.5. The van der Waals surface area contributed by atoms with Crippen LogP contribution >= 0.6 is 0 Å². The normalized spacial score (nSPS) is 30.1. The lowest BCUT2D eigenvalue weighted by Crippen LogP contribution is -2.49. The molecule has 1 atom stereocenters. The number of aliphatic hydroxyl groups excluding tert-OH is 1. The van der Waals surface area contributed by atoms with Gasteiger partial charge in [-0.1, -0.05) is 13.8 Å². The van der Waals surface area contributed by atoms with Gasteiger partial charge in [-0.05, 0) is 63.7 Å². The van der Waals surface area contributed by atoms with Crippen LogP contribution in [0.1, 0.15) is 71.6 Å². The van der Waals surface area contributed by atoms with Crippen molar-refractivity contribution in [1.29, 1.82) is 0 Å². The summed E-state index contributed by atoms with van der Waals surface area (Å²) in [5, 5.41) is 13.4. The number of hydrogen-bond acceptors (Lipinski definition) is 3. The van der Waals surface area contributed by atoms with Crippen molar-refractivity contribution in [3.8, 4) is 0 Å². The van der Waals surface area contributed by atoms with E-state index in [4.69, 9.17) is 4.74 Å². The molecule has 2 aliphatic rings. The first-order chi connectivity index (χ1) is 9.67. The zero-order valence-electron chi connectivity index (χ0n) is 13.4. The van der Waals surface area contributed by atoms with Gasteiger partial charge in [-0.3, -0.25) is 0 Å². The molecular formula is C17H33NO2. The summed E-state index contributed by atoms with van der Waals surface area (Å²) >= 11 is 0. The maximum Gasteiger partial charge on any atom is 0.0613 e. The summed E-state index contributed by atoms with van der Waals surface area (Å²) in [7, 11) is 0. The molecule has 2 rings (SSSR count). The van der Waals surface area contributed by atoms with Crippen LogP contribution in [0.5, 0.6) is 0 Å². The average Bonchev–Trinajstić information content (AvgIpc) is 3.28. The second-order valence-electron chi connectivity index (χ2n) is 7.07. The molecule has 0 saturated heterocycles. The molecular weight excluding hydrogens is 250 g/mol. The zero-order valence-corrected chi connectivity index (χ0v) is 13.4. The Hall–Kier alpha value is -0.120. The lowest BCUT2D eigenvalue weighted by atomic mass is 9.89. The van der Waals surface area contributed by atoms with Gasteiger partial charge in [-0.25, -0.2) is 0 Å². The molecule has 20 heavy (non-hydrogen) atoms. The van der Waals surface area contributed by atoms with Crippen LogP contribution in [-0.2, 0) is 4.74 Å². The van der Waals surface area contributed by atoms with Crippen molar-refractivity contribution >= 4 is 0 Å². The van der Waals surface area contributed by atoms with E-state index in [0.717, 1.165) is 31.8 Å². The Bertz CT molecular complexity index is 266. The summed E-state index contributed by atoms with van der Waals surface area (Å²) < 4.78 is 6.03. The Labute approximate surface area is 124 Å². The Morgan fingerprint density at radius 3 is 2.40 bits per heavy atom. The fraction of sp³-hybridized carbons (Fsp3) is 1.00. The molecule has 118 valence electrons. The summed E-state index contributed by atoms with van der Waals surface area (Å²) in [5.74, 6) is 0.889. The first-order valence-electron chi connectivity index (χ1n) is 8.67. The minimum Gasteiger partial charge on any atom is -0.394 e. The average molecular weight is 283 g/mol. The molecule has 0 amide bonds. The molecule has 0 aromatic carbocycles. The van der Waals surface area contributed by atoms with Crippen LogP contribution in [-0.4, -0.2) is 36.0 Å². The molecule has 2 N–H and O–H groups in total. The summed E-state index contributed by atoms with van der Waals surface area (Å²) in [6.07, 6.45) is 11.2. The van der Waals surface area contributed by atoms with Gasteiger partial charge in [0.15, 0.2) is 0 Å². The van der Waals surface area contributed by atoms with Crippen LogP contribution in [0.3, 0.4) is 0 Å². The third-order valence-electron chi connectivity index (χ3n) is 5.18. The molecule has 1 unspecified atom stereocenters. The SMILES string of the molecule is CCC(CO)(CCCOC1CCC(C)CC1)NC1CC1. The van der Waals surface area contributed by atoms with Gasteiger partial charge in [0.1, 0.15) is 0 Å². The largest absolute Gasteiger partial charge is 0.394 e. The Balaban J connectivity index is 1.62. The summed E-state index contributed by atoms with van der Waals surface area (Å²) in [4.78, 5) is 0. The van der Waals surface area contributed by atoms with E-state index in [1.807, 2.05) is 0 Å². The van der Waals surface area contributed by atoms with E-state index < -0.39 is 0 Å². The molecule has 2 saturated carbocycles. The van der Waals surface area contributed by atoms with E-state index in [-0.39, 0.29) is 12.1 Å². The first kappa shape index (κ1) is 16.3. The van der Waals surface area contributed by atoms with Gasteiger partial charge >= 0.3 is 0 Å². The summed E-state index contributed by atoms with van der Waals surface area (Å²) in [6.45, 7) is 5.62. The van der Waals surface area contributed by atoms with E-state index >= 15 is 0 Å². The number of nitrogens with one attached hydrogen (secondary N) is 1. The third-order valence-corrected chi connectivity index (χ3v) is 5.18. The number of aliphatic hydroxyl groups is 1. The van der Waals surface area contributed by atoms with Crippen LogP contribution in [0.25, 0.3) is 0 Å². The summed E-state index contributed by atoms with van der Waals surface area (Å²) in [6, 6.07) is 0.655. The molecule has 0 bridgehead atoms. The van der Waals surface area contributed by atoms with Gasteiger partial charge in [-0.2, -0.15) is 0 Å². The van der Waals surface area contributed by atoms with Crippen molar-refractivity contribution in [3.05, 3.63) is 0 Å². The van der Waals surface area contributed by atoms with Crippen LogP contribution in [0.15, 0.2) is 0 Å². The predicted octanol–water partition coefficient (Wildman–Crippen LogP) is 3.26. The maximum absolute atomic E-state index is 9.73. The number of hydrogen-bond donors (Lipinski definition) is 2. The van der Waals surface area contributed by atoms with Crippen molar-refractivity contribution < 1.29 is 9.84 Å². The smallest absolute Gasteiger partial charge is 0.0613 e. The standard InChI is InChI=1S/C17H33NO2/c1-3-17(13-19,18-15-7-8-15)11-4-12-20-16-9-5-14(2)6-10-16/h14-16,18-19H,3-13H2,1-2H3. The van der Waals surface area contributed by atoms with Gasteiger partial charge in [0.05, 0.1) is 12.7 Å². The van der Waals surface area contributed by atoms with Gasteiger partial charge in [-0.15, -0.1) is 0 Å². The molecule has 2 fully saturated rings. The van der Waals surface area contributed by atoms with Crippen molar-refractivity contribution in [1.82, 2.24) is 5.32 Å². The number of ether oxygens (including phenoxy) is 1. The minimum atomic E-state index is -0.0639.